The van der Waals surface area contributed by atoms with Gasteiger partial charge in [0.05, 0.1) is 12.5 Å². The minimum atomic E-state index is 1.00. The molecule has 0 amide bonds. The second-order valence-corrected chi connectivity index (χ2v) is 10.1. The van der Waals surface area contributed by atoms with Crippen LogP contribution < -0.4 is 10.6 Å². The van der Waals surface area contributed by atoms with Crippen molar-refractivity contribution in [2.75, 3.05) is 50.9 Å². The fraction of sp³-hybridized carbons (Fsp3) is 0.724. The van der Waals surface area contributed by atoms with Gasteiger partial charge in [0, 0.05) is 13.2 Å². The molecule has 0 spiro atoms. The molecule has 1 aromatic rings. The van der Waals surface area contributed by atoms with E-state index in [0.717, 1.165) is 19.6 Å². The van der Waals surface area contributed by atoms with Gasteiger partial charge in [-0.2, -0.15) is 11.8 Å². The summed E-state index contributed by atoms with van der Waals surface area (Å²) in [5, 5.41) is 6.57. The average molecular weight is 493 g/mol. The molecule has 0 aromatic carbocycles. The van der Waals surface area contributed by atoms with E-state index in [1.165, 1.54) is 115 Å². The van der Waals surface area contributed by atoms with E-state index in [4.69, 9.17) is 4.74 Å². The highest BCUT2D eigenvalue weighted by Gasteiger charge is 1.96. The molecule has 4 saturated heterocycles. The molecule has 2 N–H and O–H groups in total. The Hall–Kier alpha value is -1.01. The zero-order valence-corrected chi connectivity index (χ0v) is 22.5. The molecular weight excluding hydrogens is 440 g/mol. The maximum atomic E-state index is 5.07. The van der Waals surface area contributed by atoms with Crippen molar-refractivity contribution in [3.05, 3.63) is 49.0 Å². The van der Waals surface area contributed by atoms with Gasteiger partial charge in [0.15, 0.2) is 0 Å². The van der Waals surface area contributed by atoms with Crippen LogP contribution in [0.5, 0.6) is 0 Å². The Balaban J connectivity index is 0.000000204. The lowest BCUT2D eigenvalue weighted by Crippen LogP contribution is -2.21. The Bertz CT molecular complexity index is 397. The monoisotopic (exact) mass is 492 g/mol. The van der Waals surface area contributed by atoms with Gasteiger partial charge < -0.3 is 19.8 Å². The van der Waals surface area contributed by atoms with Gasteiger partial charge >= 0.3 is 0 Å². The third-order valence-corrected chi connectivity index (χ3v) is 6.80. The van der Waals surface area contributed by atoms with Crippen LogP contribution >= 0.6 is 11.8 Å². The van der Waals surface area contributed by atoms with Crippen LogP contribution in [0.15, 0.2) is 53.4 Å². The van der Waals surface area contributed by atoms with Crippen LogP contribution in [0, 0.1) is 0 Å². The fourth-order valence-corrected chi connectivity index (χ4v) is 4.62. The molecule has 4 nitrogen and oxygen atoms in total. The summed E-state index contributed by atoms with van der Waals surface area (Å²) in [6, 6.07) is 3.67. The van der Waals surface area contributed by atoms with Gasteiger partial charge in [-0.25, -0.2) is 0 Å². The molecule has 0 saturated carbocycles. The van der Waals surface area contributed by atoms with Crippen molar-refractivity contribution in [1.82, 2.24) is 10.6 Å². The maximum Gasteiger partial charge on any atom is 0.0902 e. The van der Waals surface area contributed by atoms with Gasteiger partial charge in [-0.1, -0.05) is 43.6 Å². The maximum absolute atomic E-state index is 5.07. The average Bonchev–Trinajstić information content (AvgIpc) is 3.74. The van der Waals surface area contributed by atoms with Crippen molar-refractivity contribution >= 4 is 11.8 Å². The minimum Gasteiger partial charge on any atom is -0.473 e. The first-order chi connectivity index (χ1) is 17.0. The van der Waals surface area contributed by atoms with Gasteiger partial charge in [-0.15, -0.1) is 0 Å². The Morgan fingerprint density at radius 1 is 0.529 bits per heavy atom. The van der Waals surface area contributed by atoms with Crippen molar-refractivity contribution in [2.45, 2.75) is 83.5 Å². The molecule has 1 aliphatic carbocycles. The first kappa shape index (κ1) is 31.0. The lowest BCUT2D eigenvalue weighted by atomic mass is 10.2. The van der Waals surface area contributed by atoms with Gasteiger partial charge in [0.2, 0.25) is 0 Å². The topological polar surface area (TPSA) is 46.4 Å². The number of hydrogen-bond acceptors (Lipinski definition) is 5. The summed E-state index contributed by atoms with van der Waals surface area (Å²) in [6.45, 7) is 7.00. The summed E-state index contributed by atoms with van der Waals surface area (Å²) in [7, 11) is 0. The van der Waals surface area contributed by atoms with Crippen LogP contribution in [0.4, 0.5) is 0 Å². The second-order valence-electron chi connectivity index (χ2n) is 8.85. The van der Waals surface area contributed by atoms with Crippen molar-refractivity contribution < 1.29 is 9.15 Å². The Morgan fingerprint density at radius 2 is 1.00 bits per heavy atom. The Morgan fingerprint density at radius 3 is 1.15 bits per heavy atom. The predicted molar refractivity (Wildman–Crippen MR) is 151 cm³/mol. The van der Waals surface area contributed by atoms with E-state index in [-0.39, 0.29) is 0 Å². The lowest BCUT2D eigenvalue weighted by molar-refractivity contribution is 0.0968. The molecule has 4 fully saturated rings. The fourth-order valence-electron chi connectivity index (χ4n) is 3.60. The van der Waals surface area contributed by atoms with E-state index < -0.39 is 0 Å². The lowest BCUT2D eigenvalue weighted by Gasteiger charge is -2.08. The number of nitrogens with one attached hydrogen (secondary N) is 2. The molecule has 5 heterocycles. The smallest absolute Gasteiger partial charge is 0.0902 e. The van der Waals surface area contributed by atoms with Gasteiger partial charge in [0.25, 0.3) is 0 Å². The number of thioether (sulfide) groups is 1. The Labute approximate surface area is 214 Å². The first-order valence-electron chi connectivity index (χ1n) is 13.9. The molecule has 34 heavy (non-hydrogen) atoms. The van der Waals surface area contributed by atoms with Crippen molar-refractivity contribution in [3.8, 4) is 0 Å². The standard InChI is InChI=1S/2C5H11N.C5H10O.C5H10S.C5H6.C4H4O/c4*1-2-4-6-5-3-1;2*1-2-4-5-3-1/h2*6H,1-5H2;2*1-5H2;1-4H,5H2;1-4H. The molecular formula is C29H52N2O2S. The van der Waals surface area contributed by atoms with Crippen LogP contribution in [0.1, 0.15) is 83.5 Å². The van der Waals surface area contributed by atoms with Crippen LogP contribution in [-0.4, -0.2) is 50.9 Å². The molecule has 0 unspecified atom stereocenters. The van der Waals surface area contributed by atoms with Crippen molar-refractivity contribution in [1.29, 1.82) is 0 Å². The second kappa shape index (κ2) is 28.2. The number of piperidine rings is 2. The molecule has 0 bridgehead atoms. The highest BCUT2D eigenvalue weighted by Crippen LogP contribution is 2.14. The van der Waals surface area contributed by atoms with E-state index in [0.29, 0.717) is 0 Å². The molecule has 0 radical (unpaired) electrons. The van der Waals surface area contributed by atoms with Crippen LogP contribution in [0.3, 0.4) is 0 Å². The molecule has 5 aliphatic rings. The summed E-state index contributed by atoms with van der Waals surface area (Å²) in [6.07, 6.45) is 29.5. The normalized spacial score (nSPS) is 20.7. The molecule has 1 aromatic heterocycles. The van der Waals surface area contributed by atoms with Gasteiger partial charge in [-0.05, 0) is 114 Å². The van der Waals surface area contributed by atoms with Gasteiger partial charge in [-0.3, -0.25) is 0 Å². The summed E-state index contributed by atoms with van der Waals surface area (Å²) >= 11 is 2.09. The first-order valence-corrected chi connectivity index (χ1v) is 15.0. The van der Waals surface area contributed by atoms with E-state index in [1.54, 1.807) is 12.5 Å². The molecule has 0 atom stereocenters. The summed E-state index contributed by atoms with van der Waals surface area (Å²) in [5.74, 6) is 2.83. The SMILES string of the molecule is C1=CCC=C1.C1CCNCC1.C1CCNCC1.C1CCOCC1.C1CCSCC1.c1ccoc1. The van der Waals surface area contributed by atoms with E-state index >= 15 is 0 Å². The predicted octanol–water partition coefficient (Wildman–Crippen LogP) is 7.39. The zero-order valence-electron chi connectivity index (χ0n) is 21.7. The molecule has 5 heteroatoms. The van der Waals surface area contributed by atoms with E-state index in [2.05, 4.69) is 51.1 Å². The van der Waals surface area contributed by atoms with Crippen LogP contribution in [0.2, 0.25) is 0 Å². The number of allylic oxidation sites excluding steroid dienone is 4. The van der Waals surface area contributed by atoms with E-state index in [1.807, 2.05) is 12.1 Å². The summed E-state index contributed by atoms with van der Waals surface area (Å²) in [4.78, 5) is 0. The van der Waals surface area contributed by atoms with Gasteiger partial charge in [0.1, 0.15) is 0 Å². The number of ether oxygens (including phenoxy) is 1. The molecule has 4 aliphatic heterocycles. The third-order valence-electron chi connectivity index (χ3n) is 5.65. The number of furan rings is 1. The zero-order chi connectivity index (χ0) is 24.0. The van der Waals surface area contributed by atoms with Crippen molar-refractivity contribution in [3.63, 3.8) is 0 Å². The molecule has 196 valence electrons. The summed E-state index contributed by atoms with van der Waals surface area (Å²) < 4.78 is 9.65. The Kier molecular flexibility index (Phi) is 25.8. The third kappa shape index (κ3) is 25.6. The van der Waals surface area contributed by atoms with Crippen LogP contribution in [0.25, 0.3) is 0 Å². The number of hydrogen-bond donors (Lipinski definition) is 2. The minimum absolute atomic E-state index is 1.00. The van der Waals surface area contributed by atoms with Crippen molar-refractivity contribution in [2.24, 2.45) is 0 Å². The van der Waals surface area contributed by atoms with E-state index in [9.17, 15) is 0 Å². The molecule has 6 rings (SSSR count). The highest BCUT2D eigenvalue weighted by molar-refractivity contribution is 7.99. The number of rotatable bonds is 0. The summed E-state index contributed by atoms with van der Waals surface area (Å²) in [5.41, 5.74) is 0. The van der Waals surface area contributed by atoms with Crippen LogP contribution in [-0.2, 0) is 4.74 Å². The quantitative estimate of drug-likeness (QED) is 0.395. The largest absolute Gasteiger partial charge is 0.473 e. The highest BCUT2D eigenvalue weighted by atomic mass is 32.2.